The zero-order valence-corrected chi connectivity index (χ0v) is 16.2. The van der Waals surface area contributed by atoms with Gasteiger partial charge in [-0.3, -0.25) is 9.69 Å². The lowest BCUT2D eigenvalue weighted by atomic mass is 10.1. The van der Waals surface area contributed by atoms with Crippen molar-refractivity contribution in [2.24, 2.45) is 0 Å². The maximum Gasteiger partial charge on any atom is 0.239 e. The van der Waals surface area contributed by atoms with Gasteiger partial charge in [0.2, 0.25) is 5.91 Å². The number of imidazole rings is 1. The van der Waals surface area contributed by atoms with Crippen LogP contribution in [0.3, 0.4) is 0 Å². The number of rotatable bonds is 4. The lowest BCUT2D eigenvalue weighted by Gasteiger charge is -2.35. The molecule has 1 N–H and O–H groups in total. The van der Waals surface area contributed by atoms with E-state index in [1.165, 1.54) is 6.42 Å². The number of fused-ring (bicyclic) bond motifs is 1. The number of H-pyrrole nitrogens is 1. The summed E-state index contributed by atoms with van der Waals surface area (Å²) in [6, 6.07) is 7.85. The SMILES string of the molecule is COc1ccc(-c2nc3c([nH]2)CN(C(C)C(=O)N2CCCCC2)CC3)cc1. The second kappa shape index (κ2) is 7.72. The van der Waals surface area contributed by atoms with Gasteiger partial charge >= 0.3 is 0 Å². The van der Waals surface area contributed by atoms with E-state index in [1.54, 1.807) is 7.11 Å². The number of piperidine rings is 1. The van der Waals surface area contributed by atoms with E-state index in [1.807, 2.05) is 36.1 Å². The zero-order chi connectivity index (χ0) is 18.8. The Labute approximate surface area is 160 Å². The Kier molecular flexibility index (Phi) is 5.16. The zero-order valence-electron chi connectivity index (χ0n) is 16.2. The van der Waals surface area contributed by atoms with E-state index in [-0.39, 0.29) is 11.9 Å². The van der Waals surface area contributed by atoms with E-state index < -0.39 is 0 Å². The third-order valence-electron chi connectivity index (χ3n) is 5.80. The Bertz CT molecular complexity index is 793. The van der Waals surface area contributed by atoms with Crippen molar-refractivity contribution >= 4 is 5.91 Å². The van der Waals surface area contributed by atoms with Crippen molar-refractivity contribution in [3.8, 4) is 17.1 Å². The fourth-order valence-electron chi connectivity index (χ4n) is 4.07. The van der Waals surface area contributed by atoms with Crippen LogP contribution in [0.4, 0.5) is 0 Å². The van der Waals surface area contributed by atoms with Gasteiger partial charge in [0.1, 0.15) is 11.6 Å². The molecule has 1 unspecified atom stereocenters. The summed E-state index contributed by atoms with van der Waals surface area (Å²) in [5, 5.41) is 0. The second-order valence-corrected chi connectivity index (χ2v) is 7.52. The minimum atomic E-state index is -0.0796. The van der Waals surface area contributed by atoms with Crippen LogP contribution in [0.25, 0.3) is 11.4 Å². The number of hydrogen-bond acceptors (Lipinski definition) is 4. The maximum absolute atomic E-state index is 12.8. The van der Waals surface area contributed by atoms with Crippen LogP contribution in [-0.4, -0.2) is 58.5 Å². The molecule has 0 aliphatic carbocycles. The first-order valence-corrected chi connectivity index (χ1v) is 9.90. The van der Waals surface area contributed by atoms with E-state index >= 15 is 0 Å². The average Bonchev–Trinajstić information content (AvgIpc) is 3.16. The van der Waals surface area contributed by atoms with Crippen molar-refractivity contribution in [2.75, 3.05) is 26.7 Å². The molecule has 1 saturated heterocycles. The van der Waals surface area contributed by atoms with Crippen LogP contribution in [-0.2, 0) is 17.8 Å². The number of hydrogen-bond donors (Lipinski definition) is 1. The number of ether oxygens (including phenoxy) is 1. The molecule has 144 valence electrons. The molecule has 2 aliphatic rings. The van der Waals surface area contributed by atoms with Crippen molar-refractivity contribution in [2.45, 2.75) is 45.2 Å². The lowest BCUT2D eigenvalue weighted by molar-refractivity contribution is -0.137. The summed E-state index contributed by atoms with van der Waals surface area (Å²) in [6.07, 6.45) is 4.38. The molecule has 1 amide bonds. The van der Waals surface area contributed by atoms with Gasteiger partial charge in [-0.25, -0.2) is 4.98 Å². The molecule has 2 aromatic rings. The molecule has 0 radical (unpaired) electrons. The maximum atomic E-state index is 12.8. The summed E-state index contributed by atoms with van der Waals surface area (Å²) >= 11 is 0. The number of benzene rings is 1. The van der Waals surface area contributed by atoms with E-state index in [0.717, 1.165) is 74.0 Å². The van der Waals surface area contributed by atoms with Gasteiger partial charge in [-0.1, -0.05) is 0 Å². The summed E-state index contributed by atoms with van der Waals surface area (Å²) in [6.45, 7) is 5.49. The molecule has 1 fully saturated rings. The molecule has 0 bridgehead atoms. The van der Waals surface area contributed by atoms with Gasteiger partial charge in [0.25, 0.3) is 0 Å². The number of methoxy groups -OCH3 is 1. The molecule has 6 heteroatoms. The van der Waals surface area contributed by atoms with Crippen LogP contribution in [0, 0.1) is 0 Å². The first-order valence-electron chi connectivity index (χ1n) is 9.90. The Morgan fingerprint density at radius 1 is 1.15 bits per heavy atom. The number of amides is 1. The predicted molar refractivity (Wildman–Crippen MR) is 105 cm³/mol. The molecule has 0 saturated carbocycles. The number of nitrogens with zero attached hydrogens (tertiary/aromatic N) is 3. The first kappa shape index (κ1) is 18.0. The fraction of sp³-hybridized carbons (Fsp3) is 0.524. The van der Waals surface area contributed by atoms with Crippen molar-refractivity contribution in [3.63, 3.8) is 0 Å². The minimum absolute atomic E-state index is 0.0796. The lowest BCUT2D eigenvalue weighted by Crippen LogP contribution is -2.49. The average molecular weight is 368 g/mol. The predicted octanol–water partition coefficient (Wildman–Crippen LogP) is 2.84. The molecule has 1 aromatic heterocycles. The topological polar surface area (TPSA) is 61.5 Å². The van der Waals surface area contributed by atoms with Crippen LogP contribution in [0.1, 0.15) is 37.6 Å². The van der Waals surface area contributed by atoms with E-state index in [0.29, 0.717) is 0 Å². The highest BCUT2D eigenvalue weighted by atomic mass is 16.5. The fourth-order valence-corrected chi connectivity index (χ4v) is 4.07. The number of aromatic nitrogens is 2. The molecule has 27 heavy (non-hydrogen) atoms. The third-order valence-corrected chi connectivity index (χ3v) is 5.80. The normalized spacial score (nSPS) is 18.8. The number of likely N-dealkylation sites (tertiary alicyclic amines) is 1. The summed E-state index contributed by atoms with van der Waals surface area (Å²) in [4.78, 5) is 25.4. The van der Waals surface area contributed by atoms with Gasteiger partial charge in [-0.2, -0.15) is 0 Å². The van der Waals surface area contributed by atoms with Crippen molar-refractivity contribution < 1.29 is 9.53 Å². The summed E-state index contributed by atoms with van der Waals surface area (Å²) in [7, 11) is 1.67. The highest BCUT2D eigenvalue weighted by Crippen LogP contribution is 2.25. The molecular formula is C21H28N4O2. The number of aromatic amines is 1. The molecule has 1 atom stereocenters. The van der Waals surface area contributed by atoms with Crippen molar-refractivity contribution in [1.29, 1.82) is 0 Å². The molecule has 6 nitrogen and oxygen atoms in total. The molecule has 2 aliphatic heterocycles. The molecule has 0 spiro atoms. The van der Waals surface area contributed by atoms with Gasteiger partial charge in [-0.15, -0.1) is 0 Å². The van der Waals surface area contributed by atoms with E-state index in [4.69, 9.17) is 9.72 Å². The Hall–Kier alpha value is -2.34. The molecule has 3 heterocycles. The summed E-state index contributed by atoms with van der Waals surface area (Å²) < 4.78 is 5.23. The van der Waals surface area contributed by atoms with Gasteiger partial charge < -0.3 is 14.6 Å². The highest BCUT2D eigenvalue weighted by molar-refractivity contribution is 5.81. The van der Waals surface area contributed by atoms with E-state index in [9.17, 15) is 4.79 Å². The number of nitrogens with one attached hydrogen (secondary N) is 1. The largest absolute Gasteiger partial charge is 0.497 e. The standard InChI is InChI=1S/C21H28N4O2/c1-15(21(26)24-11-4-3-5-12-24)25-13-10-18-19(14-25)23-20(22-18)16-6-8-17(27-2)9-7-16/h6-9,15H,3-5,10-14H2,1-2H3,(H,22,23). The van der Waals surface area contributed by atoms with Gasteiger partial charge in [0.05, 0.1) is 24.5 Å². The van der Waals surface area contributed by atoms with Crippen LogP contribution in [0.2, 0.25) is 0 Å². The number of carbonyl (C=O) groups is 1. The van der Waals surface area contributed by atoms with Gasteiger partial charge in [-0.05, 0) is 50.5 Å². The van der Waals surface area contributed by atoms with Crippen molar-refractivity contribution in [3.05, 3.63) is 35.7 Å². The van der Waals surface area contributed by atoms with Crippen LogP contribution in [0.5, 0.6) is 5.75 Å². The Morgan fingerprint density at radius 2 is 1.89 bits per heavy atom. The first-order chi connectivity index (χ1) is 13.2. The van der Waals surface area contributed by atoms with Gasteiger partial charge in [0.15, 0.2) is 0 Å². The van der Waals surface area contributed by atoms with Crippen molar-refractivity contribution in [1.82, 2.24) is 19.8 Å². The minimum Gasteiger partial charge on any atom is -0.497 e. The van der Waals surface area contributed by atoms with Crippen LogP contribution in [0.15, 0.2) is 24.3 Å². The third kappa shape index (κ3) is 3.72. The Balaban J connectivity index is 1.46. The summed E-state index contributed by atoms with van der Waals surface area (Å²) in [5.41, 5.74) is 3.30. The highest BCUT2D eigenvalue weighted by Gasteiger charge is 2.30. The van der Waals surface area contributed by atoms with Crippen LogP contribution >= 0.6 is 0 Å². The quantitative estimate of drug-likeness (QED) is 0.901. The number of carbonyl (C=O) groups excluding carboxylic acids is 1. The monoisotopic (exact) mass is 368 g/mol. The van der Waals surface area contributed by atoms with Crippen LogP contribution < -0.4 is 4.74 Å². The molecule has 1 aromatic carbocycles. The van der Waals surface area contributed by atoms with E-state index in [2.05, 4.69) is 9.88 Å². The molecule has 4 rings (SSSR count). The summed E-state index contributed by atoms with van der Waals surface area (Å²) in [5.74, 6) is 2.00. The smallest absolute Gasteiger partial charge is 0.239 e. The second-order valence-electron chi connectivity index (χ2n) is 7.52. The Morgan fingerprint density at radius 3 is 2.59 bits per heavy atom. The molecular weight excluding hydrogens is 340 g/mol. The van der Waals surface area contributed by atoms with Gasteiger partial charge in [0, 0.05) is 38.2 Å².